The molecule has 2 aromatic carbocycles. The van der Waals surface area contributed by atoms with Crippen molar-refractivity contribution in [2.75, 3.05) is 32.4 Å². The van der Waals surface area contributed by atoms with E-state index in [9.17, 15) is 8.42 Å². The van der Waals surface area contributed by atoms with Gasteiger partial charge in [-0.25, -0.2) is 13.4 Å². The van der Waals surface area contributed by atoms with Crippen LogP contribution in [-0.4, -0.2) is 59.4 Å². The molecule has 0 atom stereocenters. The van der Waals surface area contributed by atoms with E-state index in [0.717, 1.165) is 33.7 Å². The third-order valence-electron chi connectivity index (χ3n) is 6.12. The Balaban J connectivity index is 1.55. The molecule has 0 unspecified atom stereocenters. The van der Waals surface area contributed by atoms with Crippen molar-refractivity contribution in [3.8, 4) is 22.4 Å². The predicted octanol–water partition coefficient (Wildman–Crippen LogP) is 4.40. The van der Waals surface area contributed by atoms with Gasteiger partial charge in [0.15, 0.2) is 0 Å². The van der Waals surface area contributed by atoms with Crippen molar-refractivity contribution in [1.29, 1.82) is 0 Å². The zero-order valence-electron chi connectivity index (χ0n) is 18.4. The lowest BCUT2D eigenvalue weighted by Crippen LogP contribution is -2.47. The quantitative estimate of drug-likeness (QED) is 0.425. The summed E-state index contributed by atoms with van der Waals surface area (Å²) in [5, 5.41) is 0.687. The maximum absolute atomic E-state index is 11.9. The van der Waals surface area contributed by atoms with Crippen LogP contribution in [0.4, 0.5) is 0 Å². The molecule has 1 fully saturated rings. The molecule has 0 bridgehead atoms. The zero-order valence-corrected chi connectivity index (χ0v) is 19.9. The van der Waals surface area contributed by atoms with Gasteiger partial charge in [0.25, 0.3) is 0 Å². The molecule has 3 heterocycles. The second-order valence-corrected chi connectivity index (χ2v) is 10.8. The Hall–Kier alpha value is -2.71. The highest BCUT2D eigenvalue weighted by Gasteiger charge is 2.25. The number of imidazole rings is 1. The van der Waals surface area contributed by atoms with Crippen LogP contribution in [0.2, 0.25) is 5.02 Å². The Bertz CT molecular complexity index is 1380. The van der Waals surface area contributed by atoms with Crippen LogP contribution in [-0.2, 0) is 16.6 Å². The summed E-state index contributed by atoms with van der Waals surface area (Å²) in [6, 6.07) is 22.2. The number of aromatic nitrogens is 2. The van der Waals surface area contributed by atoms with E-state index in [-0.39, 0.29) is 0 Å². The standard InChI is InChI=1S/C25H25ClN4O2S/c1-33(31,32)29-15-13-28(14-16-29)18-23-25(20-7-10-22(26)11-8-20)27-24-12-9-21(17-30(23)24)19-5-3-2-4-6-19/h2-12,17H,13-16,18H2,1H3. The number of hydrogen-bond acceptors (Lipinski definition) is 4. The van der Waals surface area contributed by atoms with E-state index >= 15 is 0 Å². The number of benzene rings is 2. The molecule has 1 saturated heterocycles. The van der Waals surface area contributed by atoms with Gasteiger partial charge < -0.3 is 4.40 Å². The highest BCUT2D eigenvalue weighted by Crippen LogP contribution is 2.29. The van der Waals surface area contributed by atoms with Crippen LogP contribution < -0.4 is 0 Å². The SMILES string of the molecule is CS(=O)(=O)N1CCN(Cc2c(-c3ccc(Cl)cc3)nc3ccc(-c4ccccc4)cn23)CC1. The molecule has 170 valence electrons. The molecule has 0 saturated carbocycles. The lowest BCUT2D eigenvalue weighted by molar-refractivity contribution is 0.180. The van der Waals surface area contributed by atoms with Crippen molar-refractivity contribution in [3.63, 3.8) is 0 Å². The summed E-state index contributed by atoms with van der Waals surface area (Å²) in [4.78, 5) is 7.25. The Kier molecular flexibility index (Phi) is 5.97. The molecule has 0 amide bonds. The average molecular weight is 481 g/mol. The Morgan fingerprint density at radius 2 is 1.52 bits per heavy atom. The van der Waals surface area contributed by atoms with Gasteiger partial charge in [-0.3, -0.25) is 4.90 Å². The highest BCUT2D eigenvalue weighted by molar-refractivity contribution is 7.88. The molecule has 2 aromatic heterocycles. The lowest BCUT2D eigenvalue weighted by Gasteiger charge is -2.33. The molecule has 8 heteroatoms. The van der Waals surface area contributed by atoms with E-state index in [2.05, 4.69) is 33.7 Å². The van der Waals surface area contributed by atoms with Gasteiger partial charge in [0.1, 0.15) is 5.65 Å². The number of fused-ring (bicyclic) bond motifs is 1. The second kappa shape index (κ2) is 8.91. The van der Waals surface area contributed by atoms with Gasteiger partial charge in [0.2, 0.25) is 10.0 Å². The van der Waals surface area contributed by atoms with Crippen molar-refractivity contribution in [3.05, 3.63) is 83.6 Å². The second-order valence-electron chi connectivity index (χ2n) is 8.36. The molecule has 1 aliphatic heterocycles. The largest absolute Gasteiger partial charge is 0.301 e. The molecule has 33 heavy (non-hydrogen) atoms. The fourth-order valence-electron chi connectivity index (χ4n) is 4.32. The van der Waals surface area contributed by atoms with Crippen LogP contribution in [0.25, 0.3) is 28.0 Å². The van der Waals surface area contributed by atoms with Gasteiger partial charge in [-0.1, -0.05) is 54.1 Å². The number of piperazine rings is 1. The molecule has 0 spiro atoms. The minimum absolute atomic E-state index is 0.501. The van der Waals surface area contributed by atoms with Crippen molar-refractivity contribution >= 4 is 27.3 Å². The fourth-order valence-corrected chi connectivity index (χ4v) is 5.27. The van der Waals surface area contributed by atoms with Crippen LogP contribution in [0.5, 0.6) is 0 Å². The van der Waals surface area contributed by atoms with Crippen LogP contribution in [0.15, 0.2) is 72.9 Å². The predicted molar refractivity (Wildman–Crippen MR) is 133 cm³/mol. The summed E-state index contributed by atoms with van der Waals surface area (Å²) in [6.45, 7) is 3.04. The number of halogens is 1. The van der Waals surface area contributed by atoms with Crippen LogP contribution in [0.1, 0.15) is 5.69 Å². The first-order valence-electron chi connectivity index (χ1n) is 10.9. The summed E-state index contributed by atoms with van der Waals surface area (Å²) in [6.07, 6.45) is 3.41. The smallest absolute Gasteiger partial charge is 0.211 e. The number of pyridine rings is 1. The van der Waals surface area contributed by atoms with Crippen molar-refractivity contribution in [1.82, 2.24) is 18.6 Å². The van der Waals surface area contributed by atoms with Gasteiger partial charge in [-0.05, 0) is 35.4 Å². The van der Waals surface area contributed by atoms with Crippen LogP contribution in [0.3, 0.4) is 0 Å². The molecule has 0 radical (unpaired) electrons. The first kappa shape index (κ1) is 22.1. The molecule has 5 rings (SSSR count). The zero-order chi connectivity index (χ0) is 23.0. The number of nitrogens with zero attached hydrogens (tertiary/aromatic N) is 4. The minimum atomic E-state index is -3.16. The van der Waals surface area contributed by atoms with E-state index in [0.29, 0.717) is 37.7 Å². The van der Waals surface area contributed by atoms with E-state index in [4.69, 9.17) is 16.6 Å². The summed E-state index contributed by atoms with van der Waals surface area (Å²) < 4.78 is 27.5. The maximum atomic E-state index is 11.9. The average Bonchev–Trinajstić information content (AvgIpc) is 3.17. The van der Waals surface area contributed by atoms with Crippen molar-refractivity contribution in [2.24, 2.45) is 0 Å². The highest BCUT2D eigenvalue weighted by atomic mass is 35.5. The van der Waals surface area contributed by atoms with Crippen molar-refractivity contribution in [2.45, 2.75) is 6.54 Å². The summed E-state index contributed by atoms with van der Waals surface area (Å²) in [5.41, 5.74) is 6.15. The maximum Gasteiger partial charge on any atom is 0.211 e. The number of rotatable bonds is 5. The van der Waals surface area contributed by atoms with Gasteiger partial charge >= 0.3 is 0 Å². The first-order chi connectivity index (χ1) is 15.9. The third kappa shape index (κ3) is 4.68. The van der Waals surface area contributed by atoms with E-state index < -0.39 is 10.0 Å². The topological polar surface area (TPSA) is 57.9 Å². The molecule has 6 nitrogen and oxygen atoms in total. The van der Waals surface area contributed by atoms with E-state index in [1.165, 1.54) is 6.26 Å². The van der Waals surface area contributed by atoms with E-state index in [1.807, 2.05) is 48.5 Å². The van der Waals surface area contributed by atoms with Crippen LogP contribution >= 0.6 is 11.6 Å². The van der Waals surface area contributed by atoms with Gasteiger partial charge in [-0.15, -0.1) is 0 Å². The molecule has 0 aliphatic carbocycles. The molecule has 0 N–H and O–H groups in total. The number of sulfonamides is 1. The summed E-state index contributed by atoms with van der Waals surface area (Å²) in [5.74, 6) is 0. The molecule has 1 aliphatic rings. The lowest BCUT2D eigenvalue weighted by atomic mass is 10.1. The Morgan fingerprint density at radius 1 is 0.848 bits per heavy atom. The normalized spacial score (nSPS) is 15.8. The van der Waals surface area contributed by atoms with Gasteiger partial charge in [-0.2, -0.15) is 4.31 Å². The Morgan fingerprint density at radius 3 is 2.18 bits per heavy atom. The summed E-state index contributed by atoms with van der Waals surface area (Å²) >= 11 is 6.12. The van der Waals surface area contributed by atoms with Gasteiger partial charge in [0.05, 0.1) is 17.6 Å². The summed E-state index contributed by atoms with van der Waals surface area (Å²) in [7, 11) is -3.16. The van der Waals surface area contributed by atoms with Crippen molar-refractivity contribution < 1.29 is 8.42 Å². The molecular weight excluding hydrogens is 456 g/mol. The van der Waals surface area contributed by atoms with E-state index in [1.54, 1.807) is 4.31 Å². The molecule has 4 aromatic rings. The van der Waals surface area contributed by atoms with Gasteiger partial charge in [0, 0.05) is 49.5 Å². The number of hydrogen-bond donors (Lipinski definition) is 0. The third-order valence-corrected chi connectivity index (χ3v) is 7.67. The Labute approximate surface area is 199 Å². The minimum Gasteiger partial charge on any atom is -0.301 e. The van der Waals surface area contributed by atoms with Crippen LogP contribution in [0, 0.1) is 0 Å². The molecular formula is C25H25ClN4O2S. The fraction of sp³-hybridized carbons (Fsp3) is 0.240. The first-order valence-corrected chi connectivity index (χ1v) is 13.1. The monoisotopic (exact) mass is 480 g/mol.